The number of rotatable bonds is 11. The summed E-state index contributed by atoms with van der Waals surface area (Å²) in [6, 6.07) is 19.6. The second kappa shape index (κ2) is 11.9. The van der Waals surface area contributed by atoms with Crippen LogP contribution in [0.15, 0.2) is 60.7 Å². The van der Waals surface area contributed by atoms with Crippen molar-refractivity contribution in [2.45, 2.75) is 33.4 Å². The summed E-state index contributed by atoms with van der Waals surface area (Å²) in [6.07, 6.45) is 0.306. The van der Waals surface area contributed by atoms with Gasteiger partial charge in [0.25, 0.3) is 0 Å². The predicted molar refractivity (Wildman–Crippen MR) is 108 cm³/mol. The van der Waals surface area contributed by atoms with Crippen LogP contribution < -0.4 is 0 Å². The summed E-state index contributed by atoms with van der Waals surface area (Å²) in [5.41, 5.74) is 2.09. The summed E-state index contributed by atoms with van der Waals surface area (Å²) >= 11 is 0. The highest BCUT2D eigenvalue weighted by atomic mass is 16.5. The highest BCUT2D eigenvalue weighted by molar-refractivity contribution is 5.71. The zero-order valence-electron chi connectivity index (χ0n) is 16.7. The van der Waals surface area contributed by atoms with Gasteiger partial charge in [0.15, 0.2) is 0 Å². The highest BCUT2D eigenvalue weighted by Gasteiger charge is 2.18. The minimum atomic E-state index is -0.253. The third kappa shape index (κ3) is 8.35. The molecule has 0 bridgehead atoms. The summed E-state index contributed by atoms with van der Waals surface area (Å²) < 4.78 is 10.5. The molecule has 150 valence electrons. The Labute approximate surface area is 167 Å². The molecule has 28 heavy (non-hydrogen) atoms. The summed E-state index contributed by atoms with van der Waals surface area (Å²) in [7, 11) is 0. The van der Waals surface area contributed by atoms with Gasteiger partial charge in [-0.3, -0.25) is 14.5 Å². The van der Waals surface area contributed by atoms with Crippen molar-refractivity contribution < 1.29 is 19.1 Å². The van der Waals surface area contributed by atoms with E-state index in [0.717, 1.165) is 11.1 Å². The molecule has 0 heterocycles. The molecule has 0 amide bonds. The Morgan fingerprint density at radius 2 is 1.50 bits per heavy atom. The molecule has 2 aromatic rings. The number of hydrogen-bond acceptors (Lipinski definition) is 5. The Morgan fingerprint density at radius 1 is 0.893 bits per heavy atom. The molecule has 0 aliphatic rings. The molecular weight excluding hydrogens is 354 g/mol. The Kier molecular flexibility index (Phi) is 9.22. The van der Waals surface area contributed by atoms with Gasteiger partial charge in [0, 0.05) is 19.5 Å². The van der Waals surface area contributed by atoms with Crippen molar-refractivity contribution in [3.63, 3.8) is 0 Å². The van der Waals surface area contributed by atoms with Crippen LogP contribution in [0.2, 0.25) is 0 Å². The molecule has 2 aromatic carbocycles. The largest absolute Gasteiger partial charge is 0.465 e. The first-order valence-corrected chi connectivity index (χ1v) is 9.68. The van der Waals surface area contributed by atoms with Crippen molar-refractivity contribution in [3.05, 3.63) is 71.8 Å². The Morgan fingerprint density at radius 3 is 2.11 bits per heavy atom. The minimum Gasteiger partial charge on any atom is -0.465 e. The molecule has 0 aromatic heterocycles. The lowest BCUT2D eigenvalue weighted by atomic mass is 10.1. The van der Waals surface area contributed by atoms with Gasteiger partial charge in [0.2, 0.25) is 0 Å². The first-order chi connectivity index (χ1) is 13.6. The number of hydrogen-bond donors (Lipinski definition) is 0. The van der Waals surface area contributed by atoms with Crippen molar-refractivity contribution in [3.8, 4) is 0 Å². The van der Waals surface area contributed by atoms with Crippen LogP contribution in [-0.2, 0) is 32.2 Å². The lowest BCUT2D eigenvalue weighted by molar-refractivity contribution is -0.146. The first-order valence-electron chi connectivity index (χ1n) is 9.68. The molecule has 5 heteroatoms. The molecule has 0 saturated heterocycles. The normalized spacial score (nSPS) is 11.8. The molecule has 1 unspecified atom stereocenters. The van der Waals surface area contributed by atoms with Crippen molar-refractivity contribution >= 4 is 11.9 Å². The SMILES string of the molecule is CCOC(=O)CN(Cc1ccccc1)CC(C)CC(=O)OCc1ccccc1. The second-order valence-electron chi connectivity index (χ2n) is 6.92. The Balaban J connectivity index is 1.86. The van der Waals surface area contributed by atoms with Gasteiger partial charge in [0.05, 0.1) is 13.2 Å². The molecule has 0 N–H and O–H groups in total. The fourth-order valence-electron chi connectivity index (χ4n) is 3.00. The Hall–Kier alpha value is -2.66. The molecule has 1 atom stereocenters. The van der Waals surface area contributed by atoms with E-state index in [1.54, 1.807) is 6.92 Å². The standard InChI is InChI=1S/C23H29NO4/c1-3-27-23(26)17-24(16-20-10-6-4-7-11-20)15-19(2)14-22(25)28-18-21-12-8-5-9-13-21/h4-13,19H,3,14-18H2,1-2H3. The van der Waals surface area contributed by atoms with Crippen LogP contribution in [0.1, 0.15) is 31.4 Å². The quantitative estimate of drug-likeness (QED) is 0.552. The van der Waals surface area contributed by atoms with E-state index in [1.807, 2.05) is 72.5 Å². The number of benzene rings is 2. The molecule has 0 spiro atoms. The van der Waals surface area contributed by atoms with Gasteiger partial charge >= 0.3 is 11.9 Å². The van der Waals surface area contributed by atoms with Gasteiger partial charge in [0.1, 0.15) is 6.61 Å². The molecule has 5 nitrogen and oxygen atoms in total. The van der Waals surface area contributed by atoms with E-state index in [0.29, 0.717) is 26.1 Å². The average Bonchev–Trinajstić information content (AvgIpc) is 2.68. The third-order valence-electron chi connectivity index (χ3n) is 4.23. The predicted octanol–water partition coefficient (Wildman–Crippen LogP) is 3.82. The smallest absolute Gasteiger partial charge is 0.320 e. The van der Waals surface area contributed by atoms with E-state index in [2.05, 4.69) is 0 Å². The van der Waals surface area contributed by atoms with E-state index in [4.69, 9.17) is 9.47 Å². The molecular formula is C23H29NO4. The van der Waals surface area contributed by atoms with Gasteiger partial charge in [-0.05, 0) is 24.0 Å². The lowest BCUT2D eigenvalue weighted by Gasteiger charge is -2.24. The molecule has 2 rings (SSSR count). The highest BCUT2D eigenvalue weighted by Crippen LogP contribution is 2.12. The zero-order chi connectivity index (χ0) is 20.2. The van der Waals surface area contributed by atoms with Gasteiger partial charge < -0.3 is 9.47 Å². The molecule has 0 aliphatic carbocycles. The molecule has 0 saturated carbocycles. The van der Waals surface area contributed by atoms with E-state index in [9.17, 15) is 9.59 Å². The maximum atomic E-state index is 12.2. The number of nitrogens with zero attached hydrogens (tertiary/aromatic N) is 1. The maximum Gasteiger partial charge on any atom is 0.320 e. The van der Waals surface area contributed by atoms with E-state index < -0.39 is 0 Å². The second-order valence-corrected chi connectivity index (χ2v) is 6.92. The van der Waals surface area contributed by atoms with Crippen molar-refractivity contribution in [2.75, 3.05) is 19.7 Å². The summed E-state index contributed by atoms with van der Waals surface area (Å²) in [5.74, 6) is -0.425. The topological polar surface area (TPSA) is 55.8 Å². The van der Waals surface area contributed by atoms with Crippen LogP contribution in [0.3, 0.4) is 0 Å². The zero-order valence-corrected chi connectivity index (χ0v) is 16.7. The number of carbonyl (C=O) groups excluding carboxylic acids is 2. The maximum absolute atomic E-state index is 12.2. The van der Waals surface area contributed by atoms with Crippen LogP contribution in [0.4, 0.5) is 0 Å². The van der Waals surface area contributed by atoms with E-state index in [1.165, 1.54) is 0 Å². The minimum absolute atomic E-state index is 0.0569. The van der Waals surface area contributed by atoms with E-state index in [-0.39, 0.29) is 31.0 Å². The van der Waals surface area contributed by atoms with Crippen LogP contribution in [0, 0.1) is 5.92 Å². The number of carbonyl (C=O) groups is 2. The van der Waals surface area contributed by atoms with Crippen molar-refractivity contribution in [1.29, 1.82) is 0 Å². The van der Waals surface area contributed by atoms with Crippen LogP contribution in [0.5, 0.6) is 0 Å². The monoisotopic (exact) mass is 383 g/mol. The van der Waals surface area contributed by atoms with Crippen molar-refractivity contribution in [2.24, 2.45) is 5.92 Å². The third-order valence-corrected chi connectivity index (χ3v) is 4.23. The lowest BCUT2D eigenvalue weighted by Crippen LogP contribution is -2.34. The molecule has 0 radical (unpaired) electrons. The molecule has 0 aliphatic heterocycles. The first kappa shape index (κ1) is 21.6. The van der Waals surface area contributed by atoms with Gasteiger partial charge in [-0.15, -0.1) is 0 Å². The van der Waals surface area contributed by atoms with E-state index >= 15 is 0 Å². The number of esters is 2. The molecule has 0 fully saturated rings. The summed E-state index contributed by atoms with van der Waals surface area (Å²) in [4.78, 5) is 26.1. The van der Waals surface area contributed by atoms with Gasteiger partial charge in [-0.25, -0.2) is 0 Å². The van der Waals surface area contributed by atoms with Crippen LogP contribution in [0.25, 0.3) is 0 Å². The fraction of sp³-hybridized carbons (Fsp3) is 0.391. The fourth-order valence-corrected chi connectivity index (χ4v) is 3.00. The average molecular weight is 383 g/mol. The summed E-state index contributed by atoms with van der Waals surface area (Å²) in [6.45, 7) is 5.86. The summed E-state index contributed by atoms with van der Waals surface area (Å²) in [5, 5.41) is 0. The van der Waals surface area contributed by atoms with Crippen LogP contribution >= 0.6 is 0 Å². The number of ether oxygens (including phenoxy) is 2. The van der Waals surface area contributed by atoms with Gasteiger partial charge in [-0.2, -0.15) is 0 Å². The van der Waals surface area contributed by atoms with Gasteiger partial charge in [-0.1, -0.05) is 67.6 Å². The van der Waals surface area contributed by atoms with Crippen molar-refractivity contribution in [1.82, 2.24) is 4.90 Å². The Bertz CT molecular complexity index is 718. The van der Waals surface area contributed by atoms with Crippen LogP contribution in [-0.4, -0.2) is 36.5 Å².